The molecule has 0 atom stereocenters. The smallest absolute Gasteiger partial charge is 0.410 e. The van der Waals surface area contributed by atoms with Crippen LogP contribution in [0.4, 0.5) is 10.5 Å². The highest BCUT2D eigenvalue weighted by Crippen LogP contribution is 2.40. The number of carbonyl (C=O) groups is 1. The maximum absolute atomic E-state index is 12.6. The third-order valence-electron chi connectivity index (χ3n) is 4.82. The van der Waals surface area contributed by atoms with Crippen molar-refractivity contribution in [3.05, 3.63) is 63.7 Å². The van der Waals surface area contributed by atoms with Crippen LogP contribution in [0.2, 0.25) is 0 Å². The van der Waals surface area contributed by atoms with Crippen LogP contribution in [0.15, 0.2) is 42.5 Å². The molecule has 0 fully saturated rings. The number of hydrogen-bond acceptors (Lipinski definition) is 4. The first-order valence-corrected chi connectivity index (χ1v) is 9.33. The van der Waals surface area contributed by atoms with E-state index in [0.29, 0.717) is 13.1 Å². The molecule has 1 aliphatic rings. The van der Waals surface area contributed by atoms with E-state index in [1.54, 1.807) is 17.0 Å². The lowest BCUT2D eigenvalue weighted by molar-refractivity contribution is -0.384. The average molecular weight is 382 g/mol. The van der Waals surface area contributed by atoms with Crippen LogP contribution in [0, 0.1) is 10.1 Å². The van der Waals surface area contributed by atoms with Crippen LogP contribution >= 0.6 is 0 Å². The summed E-state index contributed by atoms with van der Waals surface area (Å²) in [6.07, 6.45) is -0.313. The molecule has 1 amide bonds. The summed E-state index contributed by atoms with van der Waals surface area (Å²) in [5.74, 6) is 0. The highest BCUT2D eigenvalue weighted by molar-refractivity contribution is 5.74. The lowest BCUT2D eigenvalue weighted by Crippen LogP contribution is -2.47. The summed E-state index contributed by atoms with van der Waals surface area (Å²) in [5.41, 5.74) is 3.46. The van der Waals surface area contributed by atoms with Crippen LogP contribution in [0.3, 0.4) is 0 Å². The first kappa shape index (κ1) is 19.9. The van der Waals surface area contributed by atoms with E-state index in [9.17, 15) is 14.9 Å². The van der Waals surface area contributed by atoms with E-state index in [2.05, 4.69) is 13.8 Å². The Kier molecular flexibility index (Phi) is 4.91. The standard InChI is InChI=1S/C22H26N2O4/c1-21(2,3)28-20(25)23-13-16-7-6-8-18(19(16)22(4,5)14-23)15-9-11-17(12-10-15)24(26)27/h6-12H,13-14H2,1-5H3. The SMILES string of the molecule is CC(C)(C)OC(=O)N1Cc2cccc(-c3ccc([N+](=O)[O-])cc3)c2C(C)(C)C1. The predicted octanol–water partition coefficient (Wildman–Crippen LogP) is 5.29. The highest BCUT2D eigenvalue weighted by atomic mass is 16.6. The van der Waals surface area contributed by atoms with Gasteiger partial charge in [-0.1, -0.05) is 32.0 Å². The molecule has 2 aromatic rings. The van der Waals surface area contributed by atoms with Crippen molar-refractivity contribution in [2.75, 3.05) is 6.54 Å². The maximum Gasteiger partial charge on any atom is 0.410 e. The second-order valence-corrected chi connectivity index (χ2v) is 8.86. The van der Waals surface area contributed by atoms with Crippen LogP contribution in [-0.2, 0) is 16.7 Å². The van der Waals surface area contributed by atoms with Gasteiger partial charge in [-0.3, -0.25) is 10.1 Å². The van der Waals surface area contributed by atoms with Crippen molar-refractivity contribution >= 4 is 11.8 Å². The second kappa shape index (κ2) is 6.93. The molecule has 0 aromatic heterocycles. The van der Waals surface area contributed by atoms with Crippen LogP contribution < -0.4 is 0 Å². The van der Waals surface area contributed by atoms with Crippen molar-refractivity contribution in [1.82, 2.24) is 4.90 Å². The fraction of sp³-hybridized carbons (Fsp3) is 0.409. The van der Waals surface area contributed by atoms with Crippen molar-refractivity contribution in [3.8, 4) is 11.1 Å². The Balaban J connectivity index is 1.99. The zero-order valence-corrected chi connectivity index (χ0v) is 17.0. The number of ether oxygens (including phenoxy) is 1. The zero-order valence-electron chi connectivity index (χ0n) is 17.0. The number of non-ortho nitro benzene ring substituents is 1. The molecule has 148 valence electrons. The fourth-order valence-electron chi connectivity index (χ4n) is 3.81. The Labute approximate surface area is 165 Å². The summed E-state index contributed by atoms with van der Waals surface area (Å²) in [7, 11) is 0. The van der Waals surface area contributed by atoms with Crippen molar-refractivity contribution in [1.29, 1.82) is 0 Å². The predicted molar refractivity (Wildman–Crippen MR) is 108 cm³/mol. The van der Waals surface area contributed by atoms with Gasteiger partial charge in [-0.2, -0.15) is 0 Å². The number of benzene rings is 2. The number of nitrogens with zero attached hydrogens (tertiary/aromatic N) is 2. The van der Waals surface area contributed by atoms with Crippen LogP contribution in [0.1, 0.15) is 45.7 Å². The van der Waals surface area contributed by atoms with Crippen molar-refractivity contribution in [2.45, 2.75) is 52.2 Å². The molecule has 0 saturated carbocycles. The Bertz CT molecular complexity index is 911. The third kappa shape index (κ3) is 4.01. The number of carbonyl (C=O) groups excluding carboxylic acids is 1. The number of rotatable bonds is 2. The van der Waals surface area contributed by atoms with Crippen molar-refractivity contribution < 1.29 is 14.5 Å². The summed E-state index contributed by atoms with van der Waals surface area (Å²) < 4.78 is 5.56. The minimum atomic E-state index is -0.540. The van der Waals surface area contributed by atoms with Crippen LogP contribution in [-0.4, -0.2) is 28.1 Å². The fourth-order valence-corrected chi connectivity index (χ4v) is 3.81. The first-order valence-electron chi connectivity index (χ1n) is 9.33. The highest BCUT2D eigenvalue weighted by Gasteiger charge is 2.37. The summed E-state index contributed by atoms with van der Waals surface area (Å²) in [6.45, 7) is 10.8. The summed E-state index contributed by atoms with van der Waals surface area (Å²) in [5, 5.41) is 10.9. The van der Waals surface area contributed by atoms with Gasteiger partial charge < -0.3 is 9.64 Å². The van der Waals surface area contributed by atoms with Gasteiger partial charge in [-0.15, -0.1) is 0 Å². The molecular formula is C22H26N2O4. The van der Waals surface area contributed by atoms with Crippen molar-refractivity contribution in [2.24, 2.45) is 0 Å². The average Bonchev–Trinajstić information content (AvgIpc) is 2.59. The molecule has 3 rings (SSSR count). The molecular weight excluding hydrogens is 356 g/mol. The molecule has 6 heteroatoms. The van der Waals surface area contributed by atoms with Gasteiger partial charge in [0.25, 0.3) is 5.69 Å². The second-order valence-electron chi connectivity index (χ2n) is 8.86. The molecule has 2 aromatic carbocycles. The van der Waals surface area contributed by atoms with Gasteiger partial charge in [-0.25, -0.2) is 4.79 Å². The van der Waals surface area contributed by atoms with E-state index in [1.165, 1.54) is 17.7 Å². The van der Waals surface area contributed by atoms with Gasteiger partial charge in [0.05, 0.1) is 4.92 Å². The molecule has 0 aliphatic carbocycles. The number of nitro groups is 1. The molecule has 0 spiro atoms. The minimum Gasteiger partial charge on any atom is -0.444 e. The monoisotopic (exact) mass is 382 g/mol. The molecule has 0 saturated heterocycles. The van der Waals surface area contributed by atoms with Gasteiger partial charge in [0.2, 0.25) is 0 Å². The van der Waals surface area contributed by atoms with Gasteiger partial charge in [-0.05, 0) is 55.2 Å². The van der Waals surface area contributed by atoms with E-state index in [1.807, 2.05) is 39.0 Å². The number of amides is 1. The van der Waals surface area contributed by atoms with E-state index in [4.69, 9.17) is 4.74 Å². The van der Waals surface area contributed by atoms with Gasteiger partial charge >= 0.3 is 6.09 Å². The lowest BCUT2D eigenvalue weighted by Gasteiger charge is -2.41. The third-order valence-corrected chi connectivity index (χ3v) is 4.82. The van der Waals surface area contributed by atoms with Gasteiger partial charge in [0.1, 0.15) is 5.60 Å². The largest absolute Gasteiger partial charge is 0.444 e. The van der Waals surface area contributed by atoms with E-state index >= 15 is 0 Å². The Morgan fingerprint density at radius 3 is 2.36 bits per heavy atom. The van der Waals surface area contributed by atoms with Gasteiger partial charge in [0.15, 0.2) is 0 Å². The quantitative estimate of drug-likeness (QED) is 0.522. The van der Waals surface area contributed by atoms with Crippen LogP contribution in [0.5, 0.6) is 0 Å². The molecule has 1 heterocycles. The molecule has 0 unspecified atom stereocenters. The normalized spacial score (nSPS) is 15.7. The summed E-state index contributed by atoms with van der Waals surface area (Å²) >= 11 is 0. The first-order chi connectivity index (χ1) is 13.0. The van der Waals surface area contributed by atoms with E-state index < -0.39 is 10.5 Å². The Hall–Kier alpha value is -2.89. The number of fused-ring (bicyclic) bond motifs is 1. The molecule has 1 aliphatic heterocycles. The lowest BCUT2D eigenvalue weighted by atomic mass is 9.74. The Morgan fingerprint density at radius 2 is 1.79 bits per heavy atom. The summed E-state index contributed by atoms with van der Waals surface area (Å²) in [4.78, 5) is 24.9. The molecule has 0 N–H and O–H groups in total. The van der Waals surface area contributed by atoms with E-state index in [0.717, 1.165) is 16.7 Å². The Morgan fingerprint density at radius 1 is 1.14 bits per heavy atom. The maximum atomic E-state index is 12.6. The number of nitro benzene ring substituents is 1. The molecule has 0 bridgehead atoms. The minimum absolute atomic E-state index is 0.0731. The molecule has 0 radical (unpaired) electrons. The molecule has 6 nitrogen and oxygen atoms in total. The van der Waals surface area contributed by atoms with Gasteiger partial charge in [0, 0.05) is 30.6 Å². The van der Waals surface area contributed by atoms with E-state index in [-0.39, 0.29) is 17.2 Å². The summed E-state index contributed by atoms with van der Waals surface area (Å²) in [6, 6.07) is 12.6. The van der Waals surface area contributed by atoms with Crippen molar-refractivity contribution in [3.63, 3.8) is 0 Å². The topological polar surface area (TPSA) is 72.7 Å². The molecule has 28 heavy (non-hydrogen) atoms. The van der Waals surface area contributed by atoms with Crippen LogP contribution in [0.25, 0.3) is 11.1 Å². The number of hydrogen-bond donors (Lipinski definition) is 0. The zero-order chi connectivity index (χ0) is 20.7.